The number of rotatable bonds is 3. The number of nitrogens with zero attached hydrogens (tertiary/aromatic N) is 3. The molecule has 102 valence electrons. The van der Waals surface area contributed by atoms with Crippen LogP contribution in [0.4, 0.5) is 14.7 Å². The van der Waals surface area contributed by atoms with Gasteiger partial charge in [-0.2, -0.15) is 4.98 Å². The van der Waals surface area contributed by atoms with Gasteiger partial charge in [-0.25, -0.2) is 13.3 Å². The van der Waals surface area contributed by atoms with Gasteiger partial charge < -0.3 is 5.32 Å². The Morgan fingerprint density at radius 3 is 2.80 bits per heavy atom. The molecule has 4 nitrogen and oxygen atoms in total. The van der Waals surface area contributed by atoms with E-state index in [4.69, 9.17) is 11.6 Å². The summed E-state index contributed by atoms with van der Waals surface area (Å²) < 4.78 is 27.4. The highest BCUT2D eigenvalue weighted by molar-refractivity contribution is 6.30. The molecule has 2 heterocycles. The van der Waals surface area contributed by atoms with Crippen LogP contribution in [0.3, 0.4) is 0 Å². The summed E-state index contributed by atoms with van der Waals surface area (Å²) in [5.41, 5.74) is 1.24. The van der Waals surface area contributed by atoms with Crippen molar-refractivity contribution in [3.05, 3.63) is 58.7 Å². The Morgan fingerprint density at radius 2 is 2.00 bits per heavy atom. The summed E-state index contributed by atoms with van der Waals surface area (Å²) in [5, 5.41) is 7.66. The molecule has 0 aliphatic heterocycles. The fourth-order valence-corrected chi connectivity index (χ4v) is 1.92. The molecule has 0 amide bonds. The van der Waals surface area contributed by atoms with Crippen LogP contribution in [0.15, 0.2) is 36.5 Å². The summed E-state index contributed by atoms with van der Waals surface area (Å²) in [6.07, 6.45) is 1.63. The highest BCUT2D eigenvalue weighted by Crippen LogP contribution is 2.13. The van der Waals surface area contributed by atoms with E-state index in [2.05, 4.69) is 15.4 Å². The summed E-state index contributed by atoms with van der Waals surface area (Å²) in [4.78, 5) is 4.22. The molecule has 0 fully saturated rings. The highest BCUT2D eigenvalue weighted by Gasteiger charge is 2.05. The Balaban J connectivity index is 1.77. The normalized spacial score (nSPS) is 10.9. The van der Waals surface area contributed by atoms with Gasteiger partial charge in [0.2, 0.25) is 5.95 Å². The van der Waals surface area contributed by atoms with Crippen molar-refractivity contribution in [1.82, 2.24) is 14.6 Å². The minimum Gasteiger partial charge on any atom is -0.349 e. The van der Waals surface area contributed by atoms with Gasteiger partial charge in [0.1, 0.15) is 0 Å². The number of anilines is 1. The molecule has 0 atom stereocenters. The van der Waals surface area contributed by atoms with Gasteiger partial charge in [-0.05, 0) is 29.8 Å². The lowest BCUT2D eigenvalue weighted by atomic mass is 10.2. The van der Waals surface area contributed by atoms with E-state index in [0.717, 1.165) is 12.1 Å². The minimum atomic E-state index is -0.876. The summed E-state index contributed by atoms with van der Waals surface area (Å²) in [6, 6.07) is 7.17. The number of aromatic nitrogens is 3. The van der Waals surface area contributed by atoms with Crippen molar-refractivity contribution in [2.45, 2.75) is 6.54 Å². The van der Waals surface area contributed by atoms with Crippen LogP contribution < -0.4 is 5.32 Å². The van der Waals surface area contributed by atoms with Crippen molar-refractivity contribution < 1.29 is 8.78 Å². The molecule has 1 N–H and O–H groups in total. The molecule has 20 heavy (non-hydrogen) atoms. The van der Waals surface area contributed by atoms with E-state index in [0.29, 0.717) is 28.7 Å². The maximum atomic E-state index is 13.1. The summed E-state index contributed by atoms with van der Waals surface area (Å²) >= 11 is 5.85. The first-order valence-corrected chi connectivity index (χ1v) is 6.19. The Labute approximate surface area is 118 Å². The van der Waals surface area contributed by atoms with Gasteiger partial charge in [0.15, 0.2) is 17.3 Å². The SMILES string of the molecule is Fc1ccc(CNc2nc3ccc(Cl)cn3n2)cc1F. The lowest BCUT2D eigenvalue weighted by molar-refractivity contribution is 0.507. The van der Waals surface area contributed by atoms with Gasteiger partial charge in [0.05, 0.1) is 5.02 Å². The number of fused-ring (bicyclic) bond motifs is 1. The van der Waals surface area contributed by atoms with Crippen LogP contribution in [0.1, 0.15) is 5.56 Å². The predicted molar refractivity (Wildman–Crippen MR) is 71.7 cm³/mol. The number of hydrogen-bond acceptors (Lipinski definition) is 3. The molecule has 0 bridgehead atoms. The summed E-state index contributed by atoms with van der Waals surface area (Å²) in [7, 11) is 0. The van der Waals surface area contributed by atoms with Gasteiger partial charge in [-0.3, -0.25) is 0 Å². The van der Waals surface area contributed by atoms with E-state index in [1.54, 1.807) is 18.3 Å². The molecule has 0 saturated heterocycles. The zero-order chi connectivity index (χ0) is 14.1. The van der Waals surface area contributed by atoms with Crippen LogP contribution in [0.25, 0.3) is 5.65 Å². The fourth-order valence-electron chi connectivity index (χ4n) is 1.76. The first-order valence-electron chi connectivity index (χ1n) is 5.81. The smallest absolute Gasteiger partial charge is 0.243 e. The zero-order valence-electron chi connectivity index (χ0n) is 10.1. The molecule has 1 aromatic carbocycles. The van der Waals surface area contributed by atoms with Crippen molar-refractivity contribution in [2.75, 3.05) is 5.32 Å². The van der Waals surface area contributed by atoms with Crippen LogP contribution >= 0.6 is 11.6 Å². The lowest BCUT2D eigenvalue weighted by Crippen LogP contribution is -2.02. The number of nitrogens with one attached hydrogen (secondary N) is 1. The Kier molecular flexibility index (Phi) is 3.23. The largest absolute Gasteiger partial charge is 0.349 e. The van der Waals surface area contributed by atoms with E-state index in [-0.39, 0.29) is 0 Å². The van der Waals surface area contributed by atoms with E-state index in [1.165, 1.54) is 10.6 Å². The van der Waals surface area contributed by atoms with Crippen LogP contribution in [0, 0.1) is 11.6 Å². The zero-order valence-corrected chi connectivity index (χ0v) is 10.9. The number of benzene rings is 1. The lowest BCUT2D eigenvalue weighted by Gasteiger charge is -2.02. The molecule has 3 aromatic rings. The Hall–Kier alpha value is -2.21. The van der Waals surface area contributed by atoms with Crippen LogP contribution in [0.2, 0.25) is 5.02 Å². The average molecular weight is 295 g/mol. The maximum Gasteiger partial charge on any atom is 0.243 e. The van der Waals surface area contributed by atoms with Crippen molar-refractivity contribution in [3.8, 4) is 0 Å². The third-order valence-corrected chi connectivity index (χ3v) is 2.95. The monoisotopic (exact) mass is 294 g/mol. The predicted octanol–water partition coefficient (Wildman–Crippen LogP) is 3.27. The molecular weight excluding hydrogens is 286 g/mol. The molecule has 0 radical (unpaired) electrons. The summed E-state index contributed by atoms with van der Waals surface area (Å²) in [6.45, 7) is 0.293. The molecule has 0 aliphatic rings. The van der Waals surface area contributed by atoms with E-state index in [9.17, 15) is 8.78 Å². The highest BCUT2D eigenvalue weighted by atomic mass is 35.5. The molecular formula is C13H9ClF2N4. The second kappa shape index (κ2) is 5.05. The van der Waals surface area contributed by atoms with Gasteiger partial charge in [0, 0.05) is 12.7 Å². The van der Waals surface area contributed by atoms with Crippen LogP contribution in [-0.4, -0.2) is 14.6 Å². The van der Waals surface area contributed by atoms with E-state index >= 15 is 0 Å². The van der Waals surface area contributed by atoms with Crippen molar-refractivity contribution in [2.24, 2.45) is 0 Å². The number of halogens is 3. The molecule has 0 saturated carbocycles. The molecule has 0 spiro atoms. The molecule has 3 rings (SSSR count). The van der Waals surface area contributed by atoms with Crippen LogP contribution in [0.5, 0.6) is 0 Å². The van der Waals surface area contributed by atoms with Crippen LogP contribution in [-0.2, 0) is 6.54 Å². The third kappa shape index (κ3) is 2.55. The maximum absolute atomic E-state index is 13.1. The topological polar surface area (TPSA) is 42.2 Å². The van der Waals surface area contributed by atoms with Gasteiger partial charge >= 0.3 is 0 Å². The first kappa shape index (κ1) is 12.8. The van der Waals surface area contributed by atoms with Gasteiger partial charge in [-0.15, -0.1) is 5.10 Å². The van der Waals surface area contributed by atoms with Crippen molar-refractivity contribution >= 4 is 23.2 Å². The summed E-state index contributed by atoms with van der Waals surface area (Å²) in [5.74, 6) is -1.36. The second-order valence-electron chi connectivity index (χ2n) is 4.19. The third-order valence-electron chi connectivity index (χ3n) is 2.73. The second-order valence-corrected chi connectivity index (χ2v) is 4.62. The quantitative estimate of drug-likeness (QED) is 0.806. The van der Waals surface area contributed by atoms with Crippen molar-refractivity contribution in [1.29, 1.82) is 0 Å². The number of hydrogen-bond donors (Lipinski definition) is 1. The number of pyridine rings is 1. The average Bonchev–Trinajstić information content (AvgIpc) is 2.82. The molecule has 2 aromatic heterocycles. The molecule has 0 unspecified atom stereocenters. The van der Waals surface area contributed by atoms with Gasteiger partial charge in [-0.1, -0.05) is 17.7 Å². The Morgan fingerprint density at radius 1 is 1.15 bits per heavy atom. The van der Waals surface area contributed by atoms with E-state index in [1.807, 2.05) is 0 Å². The standard InChI is InChI=1S/C13H9ClF2N4/c14-9-2-4-12-18-13(19-20(12)7-9)17-6-8-1-3-10(15)11(16)5-8/h1-5,7H,6H2,(H,17,19). The molecule has 0 aliphatic carbocycles. The van der Waals surface area contributed by atoms with E-state index < -0.39 is 11.6 Å². The van der Waals surface area contributed by atoms with Crippen molar-refractivity contribution in [3.63, 3.8) is 0 Å². The minimum absolute atomic E-state index is 0.293. The Bertz CT molecular complexity index is 772. The van der Waals surface area contributed by atoms with Gasteiger partial charge in [0.25, 0.3) is 0 Å². The molecule has 7 heteroatoms. The fraction of sp³-hybridized carbons (Fsp3) is 0.0769. The first-order chi connectivity index (χ1) is 9.61.